The van der Waals surface area contributed by atoms with Crippen LogP contribution in [-0.2, 0) is 18.9 Å². The minimum atomic E-state index is -0.873. The first kappa shape index (κ1) is 12.3. The van der Waals surface area contributed by atoms with E-state index in [-0.39, 0.29) is 0 Å². The van der Waals surface area contributed by atoms with Gasteiger partial charge in [-0.2, -0.15) is 0 Å². The Labute approximate surface area is 97.2 Å². The van der Waals surface area contributed by atoms with Crippen LogP contribution in [0.3, 0.4) is 0 Å². The van der Waals surface area contributed by atoms with Crippen molar-refractivity contribution in [2.75, 3.05) is 21.3 Å². The van der Waals surface area contributed by atoms with Crippen molar-refractivity contribution in [2.24, 2.45) is 5.92 Å². The molecule has 0 aromatic carbocycles. The molecule has 94 valence electrons. The largest absolute Gasteiger partial charge is 0.369 e. The minimum Gasteiger partial charge on any atom is -0.369 e. The molecular weight excluding hydrogens is 208 g/mol. The van der Waals surface area contributed by atoms with E-state index >= 15 is 0 Å². The third-order valence-corrected chi connectivity index (χ3v) is 3.90. The number of fused-ring (bicyclic) bond motifs is 1. The second-order valence-electron chi connectivity index (χ2n) is 4.66. The molecule has 1 aliphatic heterocycles. The van der Waals surface area contributed by atoms with E-state index in [1.54, 1.807) is 21.3 Å². The maximum Gasteiger partial charge on any atom is 0.282 e. The lowest BCUT2D eigenvalue weighted by atomic mass is 9.86. The van der Waals surface area contributed by atoms with Gasteiger partial charge in [-0.15, -0.1) is 0 Å². The summed E-state index contributed by atoms with van der Waals surface area (Å²) < 4.78 is 21.5. The third kappa shape index (κ3) is 2.40. The summed E-state index contributed by atoms with van der Waals surface area (Å²) in [5, 5.41) is 0. The monoisotopic (exact) mass is 230 g/mol. The third-order valence-electron chi connectivity index (χ3n) is 3.90. The highest BCUT2D eigenvalue weighted by Crippen LogP contribution is 2.43. The second-order valence-corrected chi connectivity index (χ2v) is 4.66. The highest BCUT2D eigenvalue weighted by molar-refractivity contribution is 4.94. The van der Waals surface area contributed by atoms with Gasteiger partial charge in [0.05, 0.1) is 12.2 Å². The van der Waals surface area contributed by atoms with E-state index in [9.17, 15) is 0 Å². The fourth-order valence-corrected chi connectivity index (χ4v) is 2.78. The lowest BCUT2D eigenvalue weighted by Crippen LogP contribution is -2.37. The molecule has 1 heterocycles. The summed E-state index contributed by atoms with van der Waals surface area (Å²) in [6.07, 6.45) is 6.62. The molecule has 1 saturated heterocycles. The molecule has 4 heteroatoms. The maximum atomic E-state index is 5.63. The standard InChI is InChI=1S/C12H22O4/c1-13-12(14-2,15-3)8-7-9-5-4-6-10-11(9)16-10/h9-11H,4-8H2,1-3H3. The Kier molecular flexibility index (Phi) is 3.85. The van der Waals surface area contributed by atoms with Gasteiger partial charge in [-0.1, -0.05) is 6.42 Å². The summed E-state index contributed by atoms with van der Waals surface area (Å²) in [5.74, 6) is -0.222. The topological polar surface area (TPSA) is 40.2 Å². The minimum absolute atomic E-state index is 0.497. The van der Waals surface area contributed by atoms with E-state index < -0.39 is 5.97 Å². The maximum absolute atomic E-state index is 5.63. The van der Waals surface area contributed by atoms with Gasteiger partial charge in [0.15, 0.2) is 0 Å². The molecule has 1 saturated carbocycles. The zero-order valence-electron chi connectivity index (χ0n) is 10.4. The SMILES string of the molecule is COC(CCC1CCCC2OC12)(OC)OC. The summed E-state index contributed by atoms with van der Waals surface area (Å²) in [5.41, 5.74) is 0. The molecule has 16 heavy (non-hydrogen) atoms. The van der Waals surface area contributed by atoms with Gasteiger partial charge >= 0.3 is 0 Å². The molecule has 0 aromatic rings. The molecule has 0 bridgehead atoms. The summed E-state index contributed by atoms with van der Waals surface area (Å²) in [4.78, 5) is 0. The number of methoxy groups -OCH3 is 3. The first-order valence-corrected chi connectivity index (χ1v) is 6.05. The van der Waals surface area contributed by atoms with Crippen LogP contribution in [0.4, 0.5) is 0 Å². The Balaban J connectivity index is 1.81. The molecule has 0 N–H and O–H groups in total. The molecule has 1 aliphatic carbocycles. The number of rotatable bonds is 6. The molecule has 3 unspecified atom stereocenters. The predicted molar refractivity (Wildman–Crippen MR) is 59.0 cm³/mol. The lowest BCUT2D eigenvalue weighted by Gasteiger charge is -2.30. The van der Waals surface area contributed by atoms with Gasteiger partial charge in [0.2, 0.25) is 0 Å². The average Bonchev–Trinajstić information content (AvgIpc) is 3.11. The zero-order chi connectivity index (χ0) is 11.6. The number of hydrogen-bond acceptors (Lipinski definition) is 4. The van der Waals surface area contributed by atoms with Crippen molar-refractivity contribution in [3.63, 3.8) is 0 Å². The smallest absolute Gasteiger partial charge is 0.282 e. The first-order chi connectivity index (χ1) is 7.74. The van der Waals surface area contributed by atoms with Crippen molar-refractivity contribution in [1.82, 2.24) is 0 Å². The van der Waals surface area contributed by atoms with Crippen LogP contribution in [0.2, 0.25) is 0 Å². The summed E-state index contributed by atoms with van der Waals surface area (Å²) >= 11 is 0. The molecule has 2 rings (SSSR count). The Bertz CT molecular complexity index is 219. The van der Waals surface area contributed by atoms with Crippen LogP contribution in [0, 0.1) is 5.92 Å². The fourth-order valence-electron chi connectivity index (χ4n) is 2.78. The van der Waals surface area contributed by atoms with E-state index in [2.05, 4.69) is 0 Å². The van der Waals surface area contributed by atoms with Gasteiger partial charge in [-0.3, -0.25) is 0 Å². The van der Waals surface area contributed by atoms with E-state index in [0.717, 1.165) is 12.8 Å². The average molecular weight is 230 g/mol. The quantitative estimate of drug-likeness (QED) is 0.516. The van der Waals surface area contributed by atoms with Crippen molar-refractivity contribution in [3.05, 3.63) is 0 Å². The highest BCUT2D eigenvalue weighted by atomic mass is 16.9. The van der Waals surface area contributed by atoms with Gasteiger partial charge < -0.3 is 18.9 Å². The normalized spacial score (nSPS) is 33.6. The number of hydrogen-bond donors (Lipinski definition) is 0. The molecule has 4 nitrogen and oxygen atoms in total. The molecule has 2 aliphatic rings. The molecule has 0 spiro atoms. The van der Waals surface area contributed by atoms with Gasteiger partial charge in [-0.25, -0.2) is 0 Å². The van der Waals surface area contributed by atoms with Gasteiger partial charge in [0.25, 0.3) is 5.97 Å². The van der Waals surface area contributed by atoms with Gasteiger partial charge in [-0.05, 0) is 25.2 Å². The Morgan fingerprint density at radius 1 is 1.12 bits per heavy atom. The van der Waals surface area contributed by atoms with Crippen molar-refractivity contribution < 1.29 is 18.9 Å². The second kappa shape index (κ2) is 5.00. The highest BCUT2D eigenvalue weighted by Gasteiger charge is 2.47. The van der Waals surface area contributed by atoms with Crippen LogP contribution >= 0.6 is 0 Å². The van der Waals surface area contributed by atoms with Gasteiger partial charge in [0.1, 0.15) is 0 Å². The van der Waals surface area contributed by atoms with Crippen LogP contribution in [-0.4, -0.2) is 39.5 Å². The van der Waals surface area contributed by atoms with Crippen LogP contribution in [0.15, 0.2) is 0 Å². The summed E-state index contributed by atoms with van der Waals surface area (Å²) in [7, 11) is 4.85. The van der Waals surface area contributed by atoms with Crippen LogP contribution in [0.1, 0.15) is 32.1 Å². The van der Waals surface area contributed by atoms with Crippen LogP contribution in [0.5, 0.6) is 0 Å². The summed E-state index contributed by atoms with van der Waals surface area (Å²) in [6.45, 7) is 0. The molecular formula is C12H22O4. The molecule has 3 atom stereocenters. The number of ether oxygens (including phenoxy) is 4. The number of epoxide rings is 1. The Hall–Kier alpha value is -0.160. The van der Waals surface area contributed by atoms with Crippen molar-refractivity contribution in [2.45, 2.75) is 50.3 Å². The zero-order valence-corrected chi connectivity index (χ0v) is 10.4. The van der Waals surface area contributed by atoms with E-state index in [1.165, 1.54) is 19.3 Å². The van der Waals surface area contributed by atoms with Crippen molar-refractivity contribution >= 4 is 0 Å². The molecule has 0 radical (unpaired) electrons. The van der Waals surface area contributed by atoms with E-state index in [1.807, 2.05) is 0 Å². The van der Waals surface area contributed by atoms with Crippen LogP contribution < -0.4 is 0 Å². The predicted octanol–water partition coefficient (Wildman–Crippen LogP) is 1.93. The van der Waals surface area contributed by atoms with Crippen molar-refractivity contribution in [3.8, 4) is 0 Å². The summed E-state index contributed by atoms with van der Waals surface area (Å²) in [6, 6.07) is 0. The Morgan fingerprint density at radius 3 is 2.44 bits per heavy atom. The lowest BCUT2D eigenvalue weighted by molar-refractivity contribution is -0.356. The van der Waals surface area contributed by atoms with E-state index in [4.69, 9.17) is 18.9 Å². The van der Waals surface area contributed by atoms with Gasteiger partial charge in [0, 0.05) is 27.8 Å². The molecule has 0 aromatic heterocycles. The molecule has 0 amide bonds. The fraction of sp³-hybridized carbons (Fsp3) is 1.00. The first-order valence-electron chi connectivity index (χ1n) is 6.05. The van der Waals surface area contributed by atoms with Crippen LogP contribution in [0.25, 0.3) is 0 Å². The van der Waals surface area contributed by atoms with E-state index in [0.29, 0.717) is 18.1 Å². The Morgan fingerprint density at radius 2 is 1.81 bits per heavy atom. The molecule has 2 fully saturated rings. The van der Waals surface area contributed by atoms with Crippen molar-refractivity contribution in [1.29, 1.82) is 0 Å².